The van der Waals surface area contributed by atoms with E-state index < -0.39 is 5.95 Å². The fourth-order valence-electron chi connectivity index (χ4n) is 2.19. The van der Waals surface area contributed by atoms with E-state index in [1.807, 2.05) is 0 Å². The largest absolute Gasteiger partial charge is 0.368 e. The molecule has 2 rings (SSSR count). The average Bonchev–Trinajstić information content (AvgIpc) is 2.29. The molecule has 0 aliphatic carbocycles. The second-order valence-corrected chi connectivity index (χ2v) is 5.48. The molecule has 1 saturated heterocycles. The zero-order valence-electron chi connectivity index (χ0n) is 10.8. The predicted molar refractivity (Wildman–Crippen MR) is 67.7 cm³/mol. The minimum absolute atomic E-state index is 0.229. The first-order chi connectivity index (χ1) is 7.97. The Morgan fingerprint density at radius 2 is 1.76 bits per heavy atom. The smallest absolute Gasteiger partial charge is 0.212 e. The zero-order valence-corrected chi connectivity index (χ0v) is 10.8. The molecule has 0 saturated carbocycles. The molecule has 0 N–H and O–H groups in total. The first-order valence-electron chi connectivity index (χ1n) is 6.08. The third-order valence-corrected chi connectivity index (χ3v) is 3.31. The Morgan fingerprint density at radius 1 is 1.12 bits per heavy atom. The van der Waals surface area contributed by atoms with Crippen molar-refractivity contribution in [1.29, 1.82) is 0 Å². The molecular formula is C13H20FN3. The third-order valence-electron chi connectivity index (χ3n) is 3.31. The molecule has 0 spiro atoms. The van der Waals surface area contributed by atoms with E-state index in [1.54, 1.807) is 12.3 Å². The number of pyridine rings is 1. The first-order valence-corrected chi connectivity index (χ1v) is 6.08. The summed E-state index contributed by atoms with van der Waals surface area (Å²) in [5.74, 6) is -0.415. The van der Waals surface area contributed by atoms with Crippen molar-refractivity contribution in [2.75, 3.05) is 31.1 Å². The molecule has 0 amide bonds. The van der Waals surface area contributed by atoms with Gasteiger partial charge in [-0.2, -0.15) is 4.39 Å². The summed E-state index contributed by atoms with van der Waals surface area (Å²) in [6.45, 7) is 10.8. The van der Waals surface area contributed by atoms with Crippen LogP contribution in [0, 0.1) is 5.95 Å². The highest BCUT2D eigenvalue weighted by molar-refractivity contribution is 5.44. The quantitative estimate of drug-likeness (QED) is 0.698. The molecule has 1 fully saturated rings. The van der Waals surface area contributed by atoms with E-state index in [0.29, 0.717) is 0 Å². The lowest BCUT2D eigenvalue weighted by Gasteiger charge is -2.42. The van der Waals surface area contributed by atoms with E-state index in [1.165, 1.54) is 6.07 Å². The molecular weight excluding hydrogens is 217 g/mol. The van der Waals surface area contributed by atoms with Gasteiger partial charge in [0.05, 0.1) is 11.9 Å². The topological polar surface area (TPSA) is 19.4 Å². The summed E-state index contributed by atoms with van der Waals surface area (Å²) in [7, 11) is 0. The Balaban J connectivity index is 1.97. The van der Waals surface area contributed by atoms with Crippen LogP contribution in [0.25, 0.3) is 0 Å². The number of aromatic nitrogens is 1. The number of hydrogen-bond acceptors (Lipinski definition) is 3. The highest BCUT2D eigenvalue weighted by Gasteiger charge is 2.25. The summed E-state index contributed by atoms with van der Waals surface area (Å²) in [6.07, 6.45) is 1.61. The number of rotatable bonds is 1. The summed E-state index contributed by atoms with van der Waals surface area (Å²) in [5, 5.41) is 0. The van der Waals surface area contributed by atoms with Gasteiger partial charge in [-0.05, 0) is 32.9 Å². The highest BCUT2D eigenvalue weighted by atomic mass is 19.1. The van der Waals surface area contributed by atoms with Gasteiger partial charge in [0.2, 0.25) is 5.95 Å². The van der Waals surface area contributed by atoms with Crippen molar-refractivity contribution in [2.45, 2.75) is 26.3 Å². The Hall–Kier alpha value is -1.16. The Kier molecular flexibility index (Phi) is 3.33. The SMILES string of the molecule is CC(C)(C)N1CCN(c2ccc(F)nc2)CC1. The number of halogens is 1. The van der Waals surface area contributed by atoms with Gasteiger partial charge in [0.1, 0.15) is 0 Å². The summed E-state index contributed by atoms with van der Waals surface area (Å²) >= 11 is 0. The van der Waals surface area contributed by atoms with Gasteiger partial charge in [0.25, 0.3) is 0 Å². The molecule has 1 aliphatic heterocycles. The lowest BCUT2D eigenvalue weighted by Crippen LogP contribution is -2.53. The molecule has 0 bridgehead atoms. The van der Waals surface area contributed by atoms with Crippen LogP contribution in [0.2, 0.25) is 0 Å². The van der Waals surface area contributed by atoms with Gasteiger partial charge < -0.3 is 4.90 Å². The van der Waals surface area contributed by atoms with E-state index in [9.17, 15) is 4.39 Å². The van der Waals surface area contributed by atoms with Gasteiger partial charge in [-0.25, -0.2) is 4.98 Å². The monoisotopic (exact) mass is 237 g/mol. The molecule has 1 aromatic rings. The second-order valence-electron chi connectivity index (χ2n) is 5.48. The first kappa shape index (κ1) is 12.3. The van der Waals surface area contributed by atoms with E-state index in [2.05, 4.69) is 35.6 Å². The Labute approximate surface area is 102 Å². The van der Waals surface area contributed by atoms with Crippen molar-refractivity contribution in [2.24, 2.45) is 0 Å². The average molecular weight is 237 g/mol. The van der Waals surface area contributed by atoms with Gasteiger partial charge >= 0.3 is 0 Å². The minimum atomic E-state index is -0.415. The minimum Gasteiger partial charge on any atom is -0.368 e. The van der Waals surface area contributed by atoms with Crippen LogP contribution in [0.3, 0.4) is 0 Å². The standard InChI is InChI=1S/C13H20FN3/c1-13(2,3)17-8-6-16(7-9-17)11-4-5-12(14)15-10-11/h4-5,10H,6-9H2,1-3H3. The van der Waals surface area contributed by atoms with Gasteiger partial charge in [-0.15, -0.1) is 0 Å². The van der Waals surface area contributed by atoms with Gasteiger partial charge in [0.15, 0.2) is 0 Å². The molecule has 1 aliphatic rings. The number of hydrogen-bond donors (Lipinski definition) is 0. The van der Waals surface area contributed by atoms with E-state index in [0.717, 1.165) is 31.9 Å². The second kappa shape index (κ2) is 4.61. The maximum Gasteiger partial charge on any atom is 0.212 e. The van der Waals surface area contributed by atoms with Crippen molar-refractivity contribution < 1.29 is 4.39 Å². The predicted octanol–water partition coefficient (Wildman–Crippen LogP) is 2.14. The summed E-state index contributed by atoms with van der Waals surface area (Å²) in [6, 6.07) is 3.22. The van der Waals surface area contributed by atoms with Crippen LogP contribution in [0.15, 0.2) is 18.3 Å². The number of anilines is 1. The van der Waals surface area contributed by atoms with Crippen LogP contribution in [-0.4, -0.2) is 41.6 Å². The summed E-state index contributed by atoms with van der Waals surface area (Å²) in [4.78, 5) is 8.43. The summed E-state index contributed by atoms with van der Waals surface area (Å²) < 4.78 is 12.7. The molecule has 0 atom stereocenters. The van der Waals surface area contributed by atoms with Crippen LogP contribution in [0.1, 0.15) is 20.8 Å². The van der Waals surface area contributed by atoms with Crippen molar-refractivity contribution >= 4 is 5.69 Å². The van der Waals surface area contributed by atoms with E-state index in [-0.39, 0.29) is 5.54 Å². The van der Waals surface area contributed by atoms with E-state index in [4.69, 9.17) is 0 Å². The third kappa shape index (κ3) is 2.94. The van der Waals surface area contributed by atoms with Gasteiger partial charge in [0, 0.05) is 31.7 Å². The molecule has 94 valence electrons. The molecule has 0 unspecified atom stereocenters. The van der Waals surface area contributed by atoms with Crippen LogP contribution in [0.4, 0.5) is 10.1 Å². The van der Waals surface area contributed by atoms with Crippen LogP contribution in [0.5, 0.6) is 0 Å². The molecule has 17 heavy (non-hydrogen) atoms. The van der Waals surface area contributed by atoms with E-state index >= 15 is 0 Å². The Bertz CT molecular complexity index is 361. The van der Waals surface area contributed by atoms with Crippen LogP contribution in [-0.2, 0) is 0 Å². The van der Waals surface area contributed by atoms with Crippen LogP contribution >= 0.6 is 0 Å². The van der Waals surface area contributed by atoms with Crippen molar-refractivity contribution in [1.82, 2.24) is 9.88 Å². The number of piperazine rings is 1. The van der Waals surface area contributed by atoms with Gasteiger partial charge in [-0.3, -0.25) is 4.90 Å². The normalized spacial score (nSPS) is 18.5. The fraction of sp³-hybridized carbons (Fsp3) is 0.615. The van der Waals surface area contributed by atoms with Crippen molar-refractivity contribution in [3.8, 4) is 0 Å². The molecule has 3 nitrogen and oxygen atoms in total. The molecule has 0 radical (unpaired) electrons. The molecule has 4 heteroatoms. The highest BCUT2D eigenvalue weighted by Crippen LogP contribution is 2.20. The number of nitrogens with zero attached hydrogens (tertiary/aromatic N) is 3. The summed E-state index contributed by atoms with van der Waals surface area (Å²) in [5.41, 5.74) is 1.24. The zero-order chi connectivity index (χ0) is 12.5. The van der Waals surface area contributed by atoms with Crippen molar-refractivity contribution in [3.05, 3.63) is 24.3 Å². The lowest BCUT2D eigenvalue weighted by atomic mass is 10.0. The lowest BCUT2D eigenvalue weighted by molar-refractivity contribution is 0.128. The maximum atomic E-state index is 12.7. The fourth-order valence-corrected chi connectivity index (χ4v) is 2.19. The molecule has 2 heterocycles. The van der Waals surface area contributed by atoms with Crippen molar-refractivity contribution in [3.63, 3.8) is 0 Å². The molecule has 0 aromatic carbocycles. The van der Waals surface area contributed by atoms with Gasteiger partial charge in [-0.1, -0.05) is 0 Å². The molecule has 1 aromatic heterocycles. The van der Waals surface area contributed by atoms with Crippen LogP contribution < -0.4 is 4.90 Å². The maximum absolute atomic E-state index is 12.7. The Morgan fingerprint density at radius 3 is 2.24 bits per heavy atom.